The van der Waals surface area contributed by atoms with Crippen molar-refractivity contribution in [3.63, 3.8) is 0 Å². The number of nitrogens with one attached hydrogen (secondary N) is 1. The van der Waals surface area contributed by atoms with Crippen LogP contribution < -0.4 is 5.32 Å². The molecular weight excluding hydrogens is 182 g/mol. The third-order valence-corrected chi connectivity index (χ3v) is 3.65. The quantitative estimate of drug-likeness (QED) is 0.652. The third-order valence-electron chi connectivity index (χ3n) is 3.65. The Kier molecular flexibility index (Phi) is 2.21. The molecule has 14 heavy (non-hydrogen) atoms. The monoisotopic (exact) mass is 197 g/mol. The molecule has 2 rings (SSSR count). The summed E-state index contributed by atoms with van der Waals surface area (Å²) in [6.45, 7) is 0.314. The molecule has 78 valence electrons. The first-order valence-corrected chi connectivity index (χ1v) is 5.14. The molecule has 1 atom stereocenters. The highest BCUT2D eigenvalue weighted by Gasteiger charge is 2.48. The van der Waals surface area contributed by atoms with Crippen LogP contribution in [0.1, 0.15) is 32.1 Å². The van der Waals surface area contributed by atoms with Crippen LogP contribution in [0.3, 0.4) is 0 Å². The van der Waals surface area contributed by atoms with Gasteiger partial charge in [0.25, 0.3) is 0 Å². The van der Waals surface area contributed by atoms with Crippen LogP contribution in [0.4, 0.5) is 0 Å². The largest absolute Gasteiger partial charge is 0.481 e. The van der Waals surface area contributed by atoms with Crippen molar-refractivity contribution in [2.24, 2.45) is 11.3 Å². The molecule has 1 saturated heterocycles. The van der Waals surface area contributed by atoms with Gasteiger partial charge in [0.1, 0.15) is 0 Å². The van der Waals surface area contributed by atoms with Gasteiger partial charge in [0, 0.05) is 13.0 Å². The molecule has 4 nitrogen and oxygen atoms in total. The Morgan fingerprint density at radius 2 is 2.07 bits per heavy atom. The van der Waals surface area contributed by atoms with Crippen LogP contribution >= 0.6 is 0 Å². The summed E-state index contributed by atoms with van der Waals surface area (Å²) in [5, 5.41) is 11.7. The summed E-state index contributed by atoms with van der Waals surface area (Å²) in [6.07, 6.45) is 4.34. The molecule has 1 unspecified atom stereocenters. The minimum Gasteiger partial charge on any atom is -0.481 e. The van der Waals surface area contributed by atoms with Crippen LogP contribution in [0.15, 0.2) is 0 Å². The zero-order valence-corrected chi connectivity index (χ0v) is 8.08. The highest BCUT2D eigenvalue weighted by molar-refractivity contribution is 5.82. The zero-order chi connectivity index (χ0) is 10.2. The second kappa shape index (κ2) is 3.26. The second-order valence-corrected chi connectivity index (χ2v) is 4.44. The Balaban J connectivity index is 2.22. The maximum Gasteiger partial charge on any atom is 0.308 e. The van der Waals surface area contributed by atoms with E-state index in [1.54, 1.807) is 0 Å². The lowest BCUT2D eigenvalue weighted by Crippen LogP contribution is -2.50. The van der Waals surface area contributed by atoms with Crippen LogP contribution in [-0.2, 0) is 9.59 Å². The minimum absolute atomic E-state index is 0.0180. The fourth-order valence-corrected chi connectivity index (χ4v) is 2.89. The average Bonchev–Trinajstić information content (AvgIpc) is 2.52. The van der Waals surface area contributed by atoms with Crippen LogP contribution in [0.5, 0.6) is 0 Å². The fourth-order valence-electron chi connectivity index (χ4n) is 2.89. The lowest BCUT2D eigenvalue weighted by molar-refractivity contribution is -0.150. The van der Waals surface area contributed by atoms with Crippen LogP contribution in [0, 0.1) is 11.3 Å². The average molecular weight is 197 g/mol. The van der Waals surface area contributed by atoms with E-state index in [4.69, 9.17) is 5.11 Å². The maximum absolute atomic E-state index is 11.3. The van der Waals surface area contributed by atoms with E-state index in [0.29, 0.717) is 13.0 Å². The summed E-state index contributed by atoms with van der Waals surface area (Å²) in [5.41, 5.74) is -0.228. The summed E-state index contributed by atoms with van der Waals surface area (Å²) in [4.78, 5) is 22.4. The number of piperidine rings is 1. The summed E-state index contributed by atoms with van der Waals surface area (Å²) in [5.74, 6) is -1.11. The second-order valence-electron chi connectivity index (χ2n) is 4.44. The molecule has 1 aliphatic heterocycles. The standard InChI is InChI=1S/C10H15NO3/c12-8-5-10(3-1-2-4-10)7(6-11-8)9(13)14/h7H,1-6H2,(H,11,12)(H,13,14). The van der Waals surface area contributed by atoms with Gasteiger partial charge in [0.15, 0.2) is 0 Å². The van der Waals surface area contributed by atoms with Crippen molar-refractivity contribution < 1.29 is 14.7 Å². The number of hydrogen-bond donors (Lipinski definition) is 2. The minimum atomic E-state index is -0.757. The van der Waals surface area contributed by atoms with Gasteiger partial charge in [0.05, 0.1) is 5.92 Å². The molecule has 1 aliphatic carbocycles. The molecule has 2 fully saturated rings. The fraction of sp³-hybridized carbons (Fsp3) is 0.800. The topological polar surface area (TPSA) is 66.4 Å². The van der Waals surface area contributed by atoms with E-state index in [0.717, 1.165) is 25.7 Å². The molecule has 0 aromatic rings. The SMILES string of the molecule is O=C1CC2(CCCC2)C(C(=O)O)CN1. The molecular formula is C10H15NO3. The number of carboxylic acids is 1. The van der Waals surface area contributed by atoms with Gasteiger partial charge in [-0.3, -0.25) is 9.59 Å². The van der Waals surface area contributed by atoms with Gasteiger partial charge in [-0.1, -0.05) is 12.8 Å². The Labute approximate surface area is 82.7 Å². The number of amides is 1. The zero-order valence-electron chi connectivity index (χ0n) is 8.08. The molecule has 1 amide bonds. The molecule has 2 N–H and O–H groups in total. The van der Waals surface area contributed by atoms with Gasteiger partial charge in [-0.05, 0) is 18.3 Å². The van der Waals surface area contributed by atoms with Crippen molar-refractivity contribution in [3.05, 3.63) is 0 Å². The van der Waals surface area contributed by atoms with E-state index in [-0.39, 0.29) is 17.2 Å². The Bertz CT molecular complexity index is 269. The van der Waals surface area contributed by atoms with Gasteiger partial charge in [-0.25, -0.2) is 0 Å². The Morgan fingerprint density at radius 1 is 1.43 bits per heavy atom. The smallest absolute Gasteiger partial charge is 0.308 e. The van der Waals surface area contributed by atoms with Gasteiger partial charge in [-0.15, -0.1) is 0 Å². The molecule has 1 saturated carbocycles. The summed E-state index contributed by atoms with van der Waals surface area (Å²) < 4.78 is 0. The highest BCUT2D eigenvalue weighted by atomic mass is 16.4. The van der Waals surface area contributed by atoms with Gasteiger partial charge in [-0.2, -0.15) is 0 Å². The van der Waals surface area contributed by atoms with E-state index in [1.165, 1.54) is 0 Å². The number of aliphatic carboxylic acids is 1. The van der Waals surface area contributed by atoms with Crippen molar-refractivity contribution in [1.82, 2.24) is 5.32 Å². The molecule has 0 aromatic heterocycles. The lowest BCUT2D eigenvalue weighted by atomic mass is 9.69. The maximum atomic E-state index is 11.3. The van der Waals surface area contributed by atoms with Crippen LogP contribution in [0.2, 0.25) is 0 Å². The van der Waals surface area contributed by atoms with E-state index >= 15 is 0 Å². The van der Waals surface area contributed by atoms with Crippen molar-refractivity contribution in [2.75, 3.05) is 6.54 Å². The lowest BCUT2D eigenvalue weighted by Gasteiger charge is -2.38. The molecule has 0 radical (unpaired) electrons. The summed E-state index contributed by atoms with van der Waals surface area (Å²) >= 11 is 0. The normalized spacial score (nSPS) is 30.3. The first-order chi connectivity index (χ1) is 6.64. The van der Waals surface area contributed by atoms with E-state index in [2.05, 4.69) is 5.32 Å². The number of carbonyl (C=O) groups is 2. The number of carboxylic acid groups (broad SMARTS) is 1. The summed E-state index contributed by atoms with van der Waals surface area (Å²) in [6, 6.07) is 0. The van der Waals surface area contributed by atoms with E-state index in [1.807, 2.05) is 0 Å². The van der Waals surface area contributed by atoms with Gasteiger partial charge in [0.2, 0.25) is 5.91 Å². The number of rotatable bonds is 1. The van der Waals surface area contributed by atoms with Crippen molar-refractivity contribution in [2.45, 2.75) is 32.1 Å². The van der Waals surface area contributed by atoms with E-state index in [9.17, 15) is 9.59 Å². The third kappa shape index (κ3) is 1.38. The predicted molar refractivity (Wildman–Crippen MR) is 49.7 cm³/mol. The molecule has 0 bridgehead atoms. The van der Waals surface area contributed by atoms with Crippen molar-refractivity contribution >= 4 is 11.9 Å². The van der Waals surface area contributed by atoms with Crippen molar-refractivity contribution in [3.8, 4) is 0 Å². The molecule has 2 aliphatic rings. The van der Waals surface area contributed by atoms with Crippen LogP contribution in [-0.4, -0.2) is 23.5 Å². The molecule has 1 spiro atoms. The first-order valence-electron chi connectivity index (χ1n) is 5.14. The number of hydrogen-bond acceptors (Lipinski definition) is 2. The molecule has 0 aromatic carbocycles. The van der Waals surface area contributed by atoms with Gasteiger partial charge >= 0.3 is 5.97 Å². The molecule has 1 heterocycles. The first kappa shape index (κ1) is 9.49. The van der Waals surface area contributed by atoms with Crippen molar-refractivity contribution in [1.29, 1.82) is 0 Å². The van der Waals surface area contributed by atoms with E-state index < -0.39 is 5.97 Å². The van der Waals surface area contributed by atoms with Gasteiger partial charge < -0.3 is 10.4 Å². The van der Waals surface area contributed by atoms with Crippen LogP contribution in [0.25, 0.3) is 0 Å². The summed E-state index contributed by atoms with van der Waals surface area (Å²) in [7, 11) is 0. The molecule has 4 heteroatoms. The number of carbonyl (C=O) groups excluding carboxylic acids is 1. The Hall–Kier alpha value is -1.06. The Morgan fingerprint density at radius 3 is 2.64 bits per heavy atom. The highest BCUT2D eigenvalue weighted by Crippen LogP contribution is 2.48. The predicted octanol–water partition coefficient (Wildman–Crippen LogP) is 0.767.